The zero-order valence-corrected chi connectivity index (χ0v) is 9.35. The van der Waals surface area contributed by atoms with Gasteiger partial charge in [-0.1, -0.05) is 6.07 Å². The second-order valence-electron chi connectivity index (χ2n) is 2.86. The molecule has 0 aliphatic carbocycles. The molecule has 2 aromatic rings. The van der Waals surface area contributed by atoms with Crippen LogP contribution in [0.25, 0.3) is 11.5 Å². The van der Waals surface area contributed by atoms with Crippen LogP contribution < -0.4 is 4.74 Å². The molecule has 0 atom stereocenters. The monoisotopic (exact) mass is 236 g/mol. The van der Waals surface area contributed by atoms with E-state index in [2.05, 4.69) is 19.9 Å². The van der Waals surface area contributed by atoms with Crippen molar-refractivity contribution in [3.05, 3.63) is 29.7 Å². The maximum Gasteiger partial charge on any atom is 0.321 e. The largest absolute Gasteiger partial charge is 0.464 e. The summed E-state index contributed by atoms with van der Waals surface area (Å²) in [5, 5.41) is 0.0964. The first kappa shape index (κ1) is 10.8. The van der Waals surface area contributed by atoms with Gasteiger partial charge in [0.15, 0.2) is 5.82 Å². The molecule has 2 heterocycles. The van der Waals surface area contributed by atoms with Crippen molar-refractivity contribution in [3.63, 3.8) is 0 Å². The molecule has 0 fully saturated rings. The molecule has 2 aromatic heterocycles. The lowest BCUT2D eigenvalue weighted by molar-refractivity contribution is 0.312. The average molecular weight is 237 g/mol. The predicted octanol–water partition coefficient (Wildman–Crippen LogP) is 1.99. The third-order valence-corrected chi connectivity index (χ3v) is 1.92. The highest BCUT2D eigenvalue weighted by atomic mass is 35.5. The molecule has 0 unspecified atom stereocenters. The zero-order valence-electron chi connectivity index (χ0n) is 8.59. The van der Waals surface area contributed by atoms with Crippen molar-refractivity contribution in [2.45, 2.75) is 6.92 Å². The third-order valence-electron chi connectivity index (χ3n) is 1.76. The number of pyridine rings is 1. The van der Waals surface area contributed by atoms with Crippen LogP contribution in [0.5, 0.6) is 6.01 Å². The van der Waals surface area contributed by atoms with Crippen molar-refractivity contribution < 1.29 is 4.74 Å². The molecule has 0 bridgehead atoms. The van der Waals surface area contributed by atoms with E-state index in [1.165, 1.54) is 0 Å². The summed E-state index contributed by atoms with van der Waals surface area (Å²) in [6, 6.07) is 5.67. The van der Waals surface area contributed by atoms with Crippen LogP contribution in [0.15, 0.2) is 24.4 Å². The van der Waals surface area contributed by atoms with Gasteiger partial charge in [-0.25, -0.2) is 0 Å². The standard InChI is InChI=1S/C10H9ClN4O/c1-2-16-10-14-8(13-9(11)15-10)7-5-3-4-6-12-7/h3-6H,2H2,1H3. The molecule has 0 spiro atoms. The molecule has 0 aliphatic heterocycles. The summed E-state index contributed by atoms with van der Waals surface area (Å²) in [5.74, 6) is 0.407. The lowest BCUT2D eigenvalue weighted by Gasteiger charge is -2.03. The van der Waals surface area contributed by atoms with Crippen LogP contribution in [0.2, 0.25) is 5.28 Å². The van der Waals surface area contributed by atoms with Gasteiger partial charge in [0.2, 0.25) is 5.28 Å². The number of rotatable bonds is 3. The minimum atomic E-state index is 0.0964. The minimum absolute atomic E-state index is 0.0964. The number of hydrogen-bond donors (Lipinski definition) is 0. The Labute approximate surface area is 97.5 Å². The van der Waals surface area contributed by atoms with Gasteiger partial charge in [0.05, 0.1) is 6.61 Å². The Balaban J connectivity index is 2.41. The molecule has 6 heteroatoms. The minimum Gasteiger partial charge on any atom is -0.464 e. The van der Waals surface area contributed by atoms with Gasteiger partial charge in [-0.15, -0.1) is 0 Å². The second-order valence-corrected chi connectivity index (χ2v) is 3.20. The van der Waals surface area contributed by atoms with Gasteiger partial charge in [0.1, 0.15) is 5.69 Å². The Hall–Kier alpha value is -1.75. The normalized spacial score (nSPS) is 10.1. The Morgan fingerprint density at radius 2 is 2.12 bits per heavy atom. The van der Waals surface area contributed by atoms with E-state index in [1.54, 1.807) is 12.3 Å². The van der Waals surface area contributed by atoms with Crippen molar-refractivity contribution in [1.29, 1.82) is 0 Å². The first-order valence-electron chi connectivity index (χ1n) is 4.75. The van der Waals surface area contributed by atoms with Crippen LogP contribution >= 0.6 is 11.6 Å². The van der Waals surface area contributed by atoms with Crippen molar-refractivity contribution in [3.8, 4) is 17.5 Å². The van der Waals surface area contributed by atoms with Crippen LogP contribution in [0.1, 0.15) is 6.92 Å². The smallest absolute Gasteiger partial charge is 0.321 e. The van der Waals surface area contributed by atoms with Gasteiger partial charge >= 0.3 is 6.01 Å². The fraction of sp³-hybridized carbons (Fsp3) is 0.200. The number of aromatic nitrogens is 4. The van der Waals surface area contributed by atoms with Gasteiger partial charge in [-0.05, 0) is 30.7 Å². The topological polar surface area (TPSA) is 60.8 Å². The number of ether oxygens (including phenoxy) is 1. The van der Waals surface area contributed by atoms with E-state index in [0.717, 1.165) is 0 Å². The average Bonchev–Trinajstić information content (AvgIpc) is 2.30. The highest BCUT2D eigenvalue weighted by Gasteiger charge is 2.08. The van der Waals surface area contributed by atoms with E-state index < -0.39 is 0 Å². The fourth-order valence-electron chi connectivity index (χ4n) is 1.14. The summed E-state index contributed by atoms with van der Waals surface area (Å²) in [6.07, 6.45) is 1.66. The quantitative estimate of drug-likeness (QED) is 0.816. The SMILES string of the molecule is CCOc1nc(Cl)nc(-c2ccccn2)n1. The van der Waals surface area contributed by atoms with Crippen molar-refractivity contribution >= 4 is 11.6 Å². The Morgan fingerprint density at radius 3 is 2.81 bits per heavy atom. The molecule has 16 heavy (non-hydrogen) atoms. The molecular formula is C10H9ClN4O. The van der Waals surface area contributed by atoms with Crippen LogP contribution in [-0.2, 0) is 0 Å². The van der Waals surface area contributed by atoms with E-state index in [-0.39, 0.29) is 11.3 Å². The molecule has 2 rings (SSSR count). The molecule has 0 saturated heterocycles. The second kappa shape index (κ2) is 4.85. The van der Waals surface area contributed by atoms with Crippen LogP contribution in [-0.4, -0.2) is 26.5 Å². The highest BCUT2D eigenvalue weighted by molar-refractivity contribution is 6.28. The van der Waals surface area contributed by atoms with E-state index in [1.807, 2.05) is 19.1 Å². The molecule has 0 aliphatic rings. The van der Waals surface area contributed by atoms with Crippen molar-refractivity contribution in [2.24, 2.45) is 0 Å². The third kappa shape index (κ3) is 2.43. The fourth-order valence-corrected chi connectivity index (χ4v) is 1.29. The van der Waals surface area contributed by atoms with Gasteiger partial charge in [-0.2, -0.15) is 15.0 Å². The first-order valence-corrected chi connectivity index (χ1v) is 5.13. The van der Waals surface area contributed by atoms with E-state index in [9.17, 15) is 0 Å². The summed E-state index contributed by atoms with van der Waals surface area (Å²) in [7, 11) is 0. The lowest BCUT2D eigenvalue weighted by atomic mass is 10.3. The maximum atomic E-state index is 5.77. The summed E-state index contributed by atoms with van der Waals surface area (Å²) >= 11 is 5.77. The molecule has 0 N–H and O–H groups in total. The summed E-state index contributed by atoms with van der Waals surface area (Å²) in [5.41, 5.74) is 0.632. The Morgan fingerprint density at radius 1 is 1.25 bits per heavy atom. The molecular weight excluding hydrogens is 228 g/mol. The Kier molecular flexibility index (Phi) is 3.26. The molecule has 0 saturated carbocycles. The molecule has 0 amide bonds. The van der Waals surface area contributed by atoms with Crippen molar-refractivity contribution in [1.82, 2.24) is 19.9 Å². The Bertz CT molecular complexity index is 478. The molecule has 0 radical (unpaired) electrons. The summed E-state index contributed by atoms with van der Waals surface area (Å²) in [6.45, 7) is 2.32. The van der Waals surface area contributed by atoms with Gasteiger partial charge in [-0.3, -0.25) is 4.98 Å². The summed E-state index contributed by atoms with van der Waals surface area (Å²) < 4.78 is 5.17. The maximum absolute atomic E-state index is 5.77. The molecule has 0 aromatic carbocycles. The van der Waals surface area contributed by atoms with Crippen LogP contribution in [0.3, 0.4) is 0 Å². The van der Waals surface area contributed by atoms with Crippen LogP contribution in [0.4, 0.5) is 0 Å². The van der Waals surface area contributed by atoms with E-state index in [4.69, 9.17) is 16.3 Å². The van der Waals surface area contributed by atoms with Gasteiger partial charge in [0.25, 0.3) is 0 Å². The number of nitrogens with zero attached hydrogens (tertiary/aromatic N) is 4. The summed E-state index contributed by atoms with van der Waals surface area (Å²) in [4.78, 5) is 16.1. The van der Waals surface area contributed by atoms with Gasteiger partial charge < -0.3 is 4.74 Å². The highest BCUT2D eigenvalue weighted by Crippen LogP contribution is 2.16. The van der Waals surface area contributed by atoms with E-state index >= 15 is 0 Å². The zero-order chi connectivity index (χ0) is 11.4. The van der Waals surface area contributed by atoms with Crippen molar-refractivity contribution in [2.75, 3.05) is 6.61 Å². The van der Waals surface area contributed by atoms with E-state index in [0.29, 0.717) is 18.1 Å². The number of halogens is 1. The first-order chi connectivity index (χ1) is 7.79. The van der Waals surface area contributed by atoms with Crippen LogP contribution in [0, 0.1) is 0 Å². The molecule has 5 nitrogen and oxygen atoms in total. The predicted molar refractivity (Wildman–Crippen MR) is 59.2 cm³/mol. The number of hydrogen-bond acceptors (Lipinski definition) is 5. The van der Waals surface area contributed by atoms with Gasteiger partial charge in [0, 0.05) is 6.20 Å². The lowest BCUT2D eigenvalue weighted by Crippen LogP contribution is -2.01. The molecule has 82 valence electrons.